The highest BCUT2D eigenvalue weighted by Gasteiger charge is 2.06. The van der Waals surface area contributed by atoms with Gasteiger partial charge in [-0.1, -0.05) is 38.8 Å². The van der Waals surface area contributed by atoms with Crippen molar-refractivity contribution in [2.45, 2.75) is 19.3 Å². The molecule has 0 aliphatic rings. The Labute approximate surface area is 95.0 Å². The Morgan fingerprint density at radius 3 is 2.31 bits per heavy atom. The Hall–Kier alpha value is -0.330. The van der Waals surface area contributed by atoms with E-state index in [1.54, 1.807) is 0 Å². The number of hydrogen-bond acceptors (Lipinski definition) is 1. The van der Waals surface area contributed by atoms with Crippen molar-refractivity contribution in [2.24, 2.45) is 0 Å². The molecule has 0 fully saturated rings. The number of halogens is 2. The van der Waals surface area contributed by atoms with Crippen molar-refractivity contribution in [1.82, 2.24) is 0 Å². The van der Waals surface area contributed by atoms with E-state index in [-0.39, 0.29) is 0 Å². The van der Waals surface area contributed by atoms with Gasteiger partial charge >= 0.3 is 0 Å². The van der Waals surface area contributed by atoms with Crippen LogP contribution in [0.4, 0.5) is 0 Å². The molecule has 0 heterocycles. The summed E-state index contributed by atoms with van der Waals surface area (Å²) in [6.45, 7) is 2.05. The lowest BCUT2D eigenvalue weighted by molar-refractivity contribution is 0.788. The van der Waals surface area contributed by atoms with Gasteiger partial charge in [-0.15, -0.1) is 0 Å². The fraction of sp³-hybridized carbons (Fsp3) is 0.300. The Balaban J connectivity index is 2.95. The van der Waals surface area contributed by atoms with Crippen molar-refractivity contribution in [1.29, 1.82) is 5.26 Å². The first-order valence-electron chi connectivity index (χ1n) is 3.96. The molecule has 1 nitrogen and oxygen atoms in total. The van der Waals surface area contributed by atoms with Crippen LogP contribution in [0.25, 0.3) is 0 Å². The molecule has 1 aromatic carbocycles. The number of nitriles is 1. The second-order valence-electron chi connectivity index (χ2n) is 2.97. The third-order valence-corrected chi connectivity index (χ3v) is 2.77. The summed E-state index contributed by atoms with van der Waals surface area (Å²) in [6.07, 6.45) is 0.558. The van der Waals surface area contributed by atoms with E-state index in [2.05, 4.69) is 44.9 Å². The number of benzene rings is 1. The van der Waals surface area contributed by atoms with Gasteiger partial charge in [0.1, 0.15) is 0 Å². The second-order valence-corrected chi connectivity index (χ2v) is 4.80. The molecule has 0 spiro atoms. The molecule has 0 bridgehead atoms. The highest BCUT2D eigenvalue weighted by molar-refractivity contribution is 9.11. The molecular formula is C10H9Br2N. The lowest BCUT2D eigenvalue weighted by atomic mass is 9.99. The topological polar surface area (TPSA) is 23.8 Å². The van der Waals surface area contributed by atoms with E-state index >= 15 is 0 Å². The van der Waals surface area contributed by atoms with Crippen LogP contribution in [0.15, 0.2) is 27.1 Å². The van der Waals surface area contributed by atoms with E-state index in [9.17, 15) is 0 Å². The molecule has 0 aliphatic carbocycles. The number of hydrogen-bond donors (Lipinski definition) is 0. The van der Waals surface area contributed by atoms with E-state index in [0.717, 1.165) is 8.95 Å². The molecule has 68 valence electrons. The third kappa shape index (κ3) is 3.13. The van der Waals surface area contributed by atoms with Gasteiger partial charge in [0.05, 0.1) is 6.07 Å². The molecule has 1 rings (SSSR count). The summed E-state index contributed by atoms with van der Waals surface area (Å²) in [5, 5.41) is 8.56. The molecule has 1 atom stereocenters. The van der Waals surface area contributed by atoms with Crippen molar-refractivity contribution < 1.29 is 0 Å². The molecule has 0 amide bonds. The average Bonchev–Trinajstić information content (AvgIpc) is 2.03. The van der Waals surface area contributed by atoms with Gasteiger partial charge in [-0.3, -0.25) is 0 Å². The quantitative estimate of drug-likeness (QED) is 0.802. The Kier molecular flexibility index (Phi) is 3.95. The van der Waals surface area contributed by atoms with Crippen LogP contribution in [-0.4, -0.2) is 0 Å². The maximum atomic E-state index is 8.56. The van der Waals surface area contributed by atoms with Gasteiger partial charge in [-0.25, -0.2) is 0 Å². The lowest BCUT2D eigenvalue weighted by Crippen LogP contribution is -1.91. The molecule has 13 heavy (non-hydrogen) atoms. The maximum absolute atomic E-state index is 8.56. The fourth-order valence-electron chi connectivity index (χ4n) is 1.11. The van der Waals surface area contributed by atoms with Crippen LogP contribution in [0.3, 0.4) is 0 Å². The molecule has 0 aromatic heterocycles. The van der Waals surface area contributed by atoms with Gasteiger partial charge in [-0.05, 0) is 29.7 Å². The summed E-state index contributed by atoms with van der Waals surface area (Å²) in [5.41, 5.74) is 1.18. The van der Waals surface area contributed by atoms with Gasteiger partial charge in [0.25, 0.3) is 0 Å². The maximum Gasteiger partial charge on any atom is 0.0628 e. The Morgan fingerprint density at radius 1 is 1.31 bits per heavy atom. The van der Waals surface area contributed by atoms with Gasteiger partial charge in [0.2, 0.25) is 0 Å². The van der Waals surface area contributed by atoms with E-state index in [1.165, 1.54) is 5.56 Å². The molecule has 0 aliphatic heterocycles. The Morgan fingerprint density at radius 2 is 1.85 bits per heavy atom. The largest absolute Gasteiger partial charge is 0.198 e. The lowest BCUT2D eigenvalue weighted by Gasteiger charge is -2.08. The third-order valence-electron chi connectivity index (χ3n) is 1.85. The molecular weight excluding hydrogens is 294 g/mol. The minimum Gasteiger partial charge on any atom is -0.198 e. The van der Waals surface area contributed by atoms with Gasteiger partial charge in [0, 0.05) is 15.4 Å². The summed E-state index contributed by atoms with van der Waals surface area (Å²) >= 11 is 6.84. The van der Waals surface area contributed by atoms with Crippen LogP contribution in [0.2, 0.25) is 0 Å². The monoisotopic (exact) mass is 301 g/mol. The van der Waals surface area contributed by atoms with E-state index < -0.39 is 0 Å². The normalized spacial score (nSPS) is 12.2. The van der Waals surface area contributed by atoms with Crippen molar-refractivity contribution in [3.8, 4) is 6.07 Å². The molecule has 0 saturated carbocycles. The van der Waals surface area contributed by atoms with Crippen molar-refractivity contribution in [2.75, 3.05) is 0 Å². The van der Waals surface area contributed by atoms with Crippen LogP contribution < -0.4 is 0 Å². The predicted molar refractivity (Wildman–Crippen MR) is 60.5 cm³/mol. The SMILES string of the molecule is CC(CC#N)c1cc(Br)cc(Br)c1. The Bertz CT molecular complexity index is 321. The number of nitrogens with zero attached hydrogens (tertiary/aromatic N) is 1. The average molecular weight is 303 g/mol. The van der Waals surface area contributed by atoms with E-state index in [0.29, 0.717) is 12.3 Å². The van der Waals surface area contributed by atoms with Crippen LogP contribution in [0.5, 0.6) is 0 Å². The van der Waals surface area contributed by atoms with Gasteiger partial charge in [-0.2, -0.15) is 5.26 Å². The minimum absolute atomic E-state index is 0.291. The van der Waals surface area contributed by atoms with Crippen LogP contribution in [0, 0.1) is 11.3 Å². The molecule has 3 heteroatoms. The van der Waals surface area contributed by atoms with Crippen LogP contribution >= 0.6 is 31.9 Å². The molecule has 0 saturated heterocycles. The smallest absolute Gasteiger partial charge is 0.0628 e. The zero-order valence-corrected chi connectivity index (χ0v) is 10.4. The zero-order valence-electron chi connectivity index (χ0n) is 7.22. The standard InChI is InChI=1S/C10H9Br2N/c1-7(2-3-13)8-4-9(11)6-10(12)5-8/h4-7H,2H2,1H3. The zero-order chi connectivity index (χ0) is 9.84. The fourth-order valence-corrected chi connectivity index (χ4v) is 2.44. The van der Waals surface area contributed by atoms with Crippen LogP contribution in [0.1, 0.15) is 24.8 Å². The summed E-state index contributed by atoms with van der Waals surface area (Å²) in [4.78, 5) is 0. The molecule has 1 unspecified atom stereocenters. The minimum atomic E-state index is 0.291. The molecule has 0 radical (unpaired) electrons. The predicted octanol–water partition coefficient (Wildman–Crippen LogP) is 4.23. The second kappa shape index (κ2) is 4.78. The highest BCUT2D eigenvalue weighted by Crippen LogP contribution is 2.26. The van der Waals surface area contributed by atoms with E-state index in [4.69, 9.17) is 5.26 Å². The molecule has 1 aromatic rings. The van der Waals surface area contributed by atoms with Gasteiger partial charge in [0.15, 0.2) is 0 Å². The first-order valence-corrected chi connectivity index (χ1v) is 5.55. The summed E-state index contributed by atoms with van der Waals surface area (Å²) in [7, 11) is 0. The summed E-state index contributed by atoms with van der Waals surface area (Å²) in [5.74, 6) is 0.291. The summed E-state index contributed by atoms with van der Waals surface area (Å²) < 4.78 is 2.09. The van der Waals surface area contributed by atoms with E-state index in [1.807, 2.05) is 18.2 Å². The first kappa shape index (κ1) is 10.7. The van der Waals surface area contributed by atoms with Crippen molar-refractivity contribution >= 4 is 31.9 Å². The summed E-state index contributed by atoms with van der Waals surface area (Å²) in [6, 6.07) is 8.26. The number of rotatable bonds is 2. The molecule has 0 N–H and O–H groups in total. The van der Waals surface area contributed by atoms with Crippen molar-refractivity contribution in [3.05, 3.63) is 32.7 Å². The van der Waals surface area contributed by atoms with Crippen molar-refractivity contribution in [3.63, 3.8) is 0 Å². The first-order chi connectivity index (χ1) is 6.13. The van der Waals surface area contributed by atoms with Crippen LogP contribution in [-0.2, 0) is 0 Å². The van der Waals surface area contributed by atoms with Gasteiger partial charge < -0.3 is 0 Å². The highest BCUT2D eigenvalue weighted by atomic mass is 79.9.